The summed E-state index contributed by atoms with van der Waals surface area (Å²) in [5.74, 6) is 1.64. The fraction of sp³-hybridized carbons (Fsp3) is 0.652. The van der Waals surface area contributed by atoms with Gasteiger partial charge in [0, 0.05) is 18.7 Å². The van der Waals surface area contributed by atoms with Gasteiger partial charge in [0.05, 0.1) is 5.56 Å². The average molecular weight is 399 g/mol. The van der Waals surface area contributed by atoms with Gasteiger partial charge in [-0.05, 0) is 62.6 Å². The molecule has 0 saturated heterocycles. The van der Waals surface area contributed by atoms with Crippen LogP contribution >= 0.6 is 0 Å². The number of ketones is 2. The highest BCUT2D eigenvalue weighted by atomic mass is 16.5. The first-order valence-corrected chi connectivity index (χ1v) is 11.2. The molecule has 0 spiro atoms. The molecule has 3 N–H and O–H groups in total. The maximum Gasteiger partial charge on any atom is 0.526 e. The van der Waals surface area contributed by atoms with E-state index in [-0.39, 0.29) is 17.4 Å². The molecule has 1 saturated carbocycles. The molecule has 1 atom stereocenters. The van der Waals surface area contributed by atoms with E-state index in [1.807, 2.05) is 12.1 Å². The summed E-state index contributed by atoms with van der Waals surface area (Å²) in [5, 5.41) is 10.4. The number of fused-ring (bicyclic) bond motifs is 1. The van der Waals surface area contributed by atoms with Gasteiger partial charge in [-0.2, -0.15) is 0 Å². The molecule has 5 nitrogen and oxygen atoms in total. The Balaban J connectivity index is 1.48. The molecule has 0 radical (unpaired) electrons. The molecule has 158 valence electrons. The van der Waals surface area contributed by atoms with Crippen LogP contribution < -0.4 is 10.4 Å². The van der Waals surface area contributed by atoms with Crippen LogP contribution in [-0.4, -0.2) is 30.3 Å². The highest BCUT2D eigenvalue weighted by Crippen LogP contribution is 2.38. The fourth-order valence-electron chi connectivity index (χ4n) is 4.93. The molecular weight excluding hydrogens is 365 g/mol. The van der Waals surface area contributed by atoms with E-state index in [1.165, 1.54) is 32.6 Å². The van der Waals surface area contributed by atoms with Gasteiger partial charge in [0.15, 0.2) is 5.78 Å². The third kappa shape index (κ3) is 5.92. The van der Waals surface area contributed by atoms with Crippen LogP contribution in [0.5, 0.6) is 5.75 Å². The van der Waals surface area contributed by atoms with Gasteiger partial charge in [0.1, 0.15) is 11.5 Å². The van der Waals surface area contributed by atoms with Gasteiger partial charge < -0.3 is 15.4 Å². The largest absolute Gasteiger partial charge is 0.535 e. The summed E-state index contributed by atoms with van der Waals surface area (Å²) in [6.45, 7) is 2.27. The zero-order valence-electron chi connectivity index (χ0n) is 17.6. The molecule has 0 amide bonds. The first-order chi connectivity index (χ1) is 14.0. The number of hydrogen-bond acceptors (Lipinski definition) is 5. The number of nitrogens with two attached hydrogens (primary N) is 1. The Kier molecular flexibility index (Phi) is 7.90. The second kappa shape index (κ2) is 10.4. The van der Waals surface area contributed by atoms with Crippen molar-refractivity contribution in [2.45, 2.75) is 76.9 Å². The third-order valence-electron chi connectivity index (χ3n) is 6.64. The van der Waals surface area contributed by atoms with Crippen molar-refractivity contribution >= 4 is 18.7 Å². The molecular formula is C23H34BNO4. The first-order valence-electron chi connectivity index (χ1n) is 11.2. The molecule has 0 unspecified atom stereocenters. The summed E-state index contributed by atoms with van der Waals surface area (Å²) >= 11 is 0. The smallest absolute Gasteiger partial charge is 0.526 e. The average Bonchev–Trinajstić information content (AvgIpc) is 2.69. The Morgan fingerprint density at radius 3 is 2.55 bits per heavy atom. The second-order valence-corrected chi connectivity index (χ2v) is 8.94. The van der Waals surface area contributed by atoms with Crippen LogP contribution in [0.2, 0.25) is 5.82 Å². The van der Waals surface area contributed by atoms with Gasteiger partial charge in [0.25, 0.3) is 0 Å². The van der Waals surface area contributed by atoms with E-state index in [9.17, 15) is 14.6 Å². The van der Waals surface area contributed by atoms with Crippen molar-refractivity contribution in [2.24, 2.45) is 17.6 Å². The Labute approximate surface area is 174 Å². The molecule has 0 bridgehead atoms. The molecule has 1 aliphatic carbocycles. The highest BCUT2D eigenvalue weighted by molar-refractivity contribution is 6.47. The monoisotopic (exact) mass is 399 g/mol. The van der Waals surface area contributed by atoms with Gasteiger partial charge >= 0.3 is 7.12 Å². The lowest BCUT2D eigenvalue weighted by Gasteiger charge is -2.30. The summed E-state index contributed by atoms with van der Waals surface area (Å²) in [7, 11) is -1.04. The summed E-state index contributed by atoms with van der Waals surface area (Å²) < 4.78 is 5.66. The number of rotatable bonds is 9. The number of Topliss-reactive ketones (excluding diaryl/α,β-unsaturated/α-hetero) is 2. The number of unbranched alkanes of at least 4 members (excludes halogenated alkanes) is 1. The number of benzene rings is 1. The van der Waals surface area contributed by atoms with E-state index in [1.54, 1.807) is 6.07 Å². The molecule has 2 aliphatic rings. The van der Waals surface area contributed by atoms with Gasteiger partial charge in [-0.3, -0.25) is 9.59 Å². The molecule has 1 aromatic carbocycles. The molecule has 0 aromatic heterocycles. The Morgan fingerprint density at radius 2 is 1.86 bits per heavy atom. The minimum atomic E-state index is -1.04. The highest BCUT2D eigenvalue weighted by Gasteiger charge is 2.37. The van der Waals surface area contributed by atoms with E-state index in [4.69, 9.17) is 10.4 Å². The standard InChI is InChI=1S/C23H34BNO4/c1-16(26)22-7-4-6-19-14-20(24(28)29-23(19)22)15-21(27)13-18-10-8-17(9-11-18)5-2-3-12-25/h4,6-7,17-18,20,28H,2-3,5,8-15,25H2,1H3/t17?,18?,20-/m1/s1. The van der Waals surface area contributed by atoms with Crippen molar-refractivity contribution in [2.75, 3.05) is 6.54 Å². The Morgan fingerprint density at radius 1 is 1.14 bits per heavy atom. The van der Waals surface area contributed by atoms with Crippen LogP contribution in [0.1, 0.15) is 80.6 Å². The van der Waals surface area contributed by atoms with E-state index in [0.29, 0.717) is 36.5 Å². The van der Waals surface area contributed by atoms with Crippen LogP contribution in [0.25, 0.3) is 0 Å². The molecule has 1 fully saturated rings. The molecule has 3 rings (SSSR count). The predicted molar refractivity (Wildman–Crippen MR) is 115 cm³/mol. The molecule has 1 heterocycles. The van der Waals surface area contributed by atoms with Crippen molar-refractivity contribution < 1.29 is 19.3 Å². The normalized spacial score (nSPS) is 24.0. The summed E-state index contributed by atoms with van der Waals surface area (Å²) in [6, 6.07) is 5.46. The SMILES string of the molecule is CC(=O)c1cccc2c1OB(O)[C@@H](CC(=O)CC1CCC(CCCCN)CC1)C2. The lowest BCUT2D eigenvalue weighted by molar-refractivity contribution is -0.120. The van der Waals surface area contributed by atoms with Gasteiger partial charge in [0.2, 0.25) is 0 Å². The van der Waals surface area contributed by atoms with Crippen molar-refractivity contribution in [1.82, 2.24) is 0 Å². The topological polar surface area (TPSA) is 89.6 Å². The fourth-order valence-corrected chi connectivity index (χ4v) is 4.93. The van der Waals surface area contributed by atoms with Crippen molar-refractivity contribution in [3.63, 3.8) is 0 Å². The molecule has 1 aromatic rings. The molecule has 1 aliphatic heterocycles. The molecule has 6 heteroatoms. The first kappa shape index (κ1) is 22.0. The van der Waals surface area contributed by atoms with E-state index in [2.05, 4.69) is 0 Å². The predicted octanol–water partition coefficient (Wildman–Crippen LogP) is 3.96. The number of carbonyl (C=O) groups is 2. The van der Waals surface area contributed by atoms with Crippen molar-refractivity contribution in [3.8, 4) is 5.75 Å². The lowest BCUT2D eigenvalue weighted by Crippen LogP contribution is -2.36. The van der Waals surface area contributed by atoms with E-state index >= 15 is 0 Å². The van der Waals surface area contributed by atoms with Crippen LogP contribution in [-0.2, 0) is 11.2 Å². The van der Waals surface area contributed by atoms with Crippen LogP contribution in [0.15, 0.2) is 18.2 Å². The maximum atomic E-state index is 12.7. The summed E-state index contributed by atoms with van der Waals surface area (Å²) in [4.78, 5) is 24.4. The number of para-hydroxylation sites is 1. The van der Waals surface area contributed by atoms with Crippen LogP contribution in [0, 0.1) is 11.8 Å². The van der Waals surface area contributed by atoms with E-state index < -0.39 is 7.12 Å². The van der Waals surface area contributed by atoms with Crippen LogP contribution in [0.4, 0.5) is 0 Å². The third-order valence-corrected chi connectivity index (χ3v) is 6.64. The minimum absolute atomic E-state index is 0.0813. The van der Waals surface area contributed by atoms with Gasteiger partial charge in [-0.25, -0.2) is 0 Å². The summed E-state index contributed by atoms with van der Waals surface area (Å²) in [6.07, 6.45) is 9.82. The van der Waals surface area contributed by atoms with Crippen LogP contribution in [0.3, 0.4) is 0 Å². The van der Waals surface area contributed by atoms with Gasteiger partial charge in [-0.1, -0.05) is 37.8 Å². The zero-order valence-corrected chi connectivity index (χ0v) is 17.6. The quantitative estimate of drug-likeness (QED) is 0.373. The van der Waals surface area contributed by atoms with Gasteiger partial charge in [-0.15, -0.1) is 0 Å². The Hall–Kier alpha value is -1.66. The number of carbonyl (C=O) groups excluding carboxylic acids is 2. The lowest BCUT2D eigenvalue weighted by atomic mass is 9.64. The van der Waals surface area contributed by atoms with E-state index in [0.717, 1.165) is 37.3 Å². The molecule has 29 heavy (non-hydrogen) atoms. The minimum Gasteiger partial charge on any atom is -0.535 e. The van der Waals surface area contributed by atoms with Crippen molar-refractivity contribution in [1.29, 1.82) is 0 Å². The second-order valence-electron chi connectivity index (χ2n) is 8.94. The zero-order chi connectivity index (χ0) is 20.8. The van der Waals surface area contributed by atoms with Crippen molar-refractivity contribution in [3.05, 3.63) is 29.3 Å². The summed E-state index contributed by atoms with van der Waals surface area (Å²) in [5.41, 5.74) is 6.97. The maximum absolute atomic E-state index is 12.7. The number of hydrogen-bond donors (Lipinski definition) is 2. The Bertz CT molecular complexity index is 715.